The maximum atomic E-state index is 12.0. The maximum Gasteiger partial charge on any atom is 0.343 e. The molecule has 0 fully saturated rings. The number of carbonyl (C=O) groups excluding carboxylic acids is 1. The Labute approximate surface area is 137 Å². The number of ether oxygens (including phenoxy) is 2. The number of nitrogens with zero attached hydrogens (tertiary/aromatic N) is 1. The molecule has 0 N–H and O–H groups in total. The topological polar surface area (TPSA) is 78.7 Å². The van der Waals surface area contributed by atoms with Crippen molar-refractivity contribution in [1.82, 2.24) is 0 Å². The minimum absolute atomic E-state index is 0.0380. The van der Waals surface area contributed by atoms with Gasteiger partial charge in [0.2, 0.25) is 0 Å². The number of carbonyl (C=O) groups is 1. The van der Waals surface area contributed by atoms with Gasteiger partial charge in [-0.05, 0) is 42.8 Å². The average Bonchev–Trinajstić information content (AvgIpc) is 2.54. The third kappa shape index (κ3) is 4.43. The first-order chi connectivity index (χ1) is 11.0. The Morgan fingerprint density at radius 2 is 1.83 bits per heavy atom. The van der Waals surface area contributed by atoms with E-state index >= 15 is 0 Å². The molecule has 0 saturated heterocycles. The van der Waals surface area contributed by atoms with Gasteiger partial charge in [0.25, 0.3) is 5.69 Å². The lowest BCUT2D eigenvalue weighted by atomic mass is 10.2. The first kappa shape index (κ1) is 16.8. The second kappa shape index (κ2) is 7.60. The summed E-state index contributed by atoms with van der Waals surface area (Å²) >= 11 is 5.71. The fraction of sp³-hybridized carbons (Fsp3) is 0.188. The molecule has 0 aliphatic carbocycles. The first-order valence-electron chi connectivity index (χ1n) is 6.90. The molecule has 2 aromatic carbocycles. The van der Waals surface area contributed by atoms with Crippen molar-refractivity contribution in [3.8, 4) is 11.5 Å². The van der Waals surface area contributed by atoms with Gasteiger partial charge in [0, 0.05) is 6.07 Å². The van der Waals surface area contributed by atoms with E-state index in [1.165, 1.54) is 12.1 Å². The Morgan fingerprint density at radius 3 is 2.43 bits per heavy atom. The highest BCUT2D eigenvalue weighted by Crippen LogP contribution is 2.26. The molecule has 2 aromatic rings. The highest BCUT2D eigenvalue weighted by molar-refractivity contribution is 6.32. The average molecular weight is 336 g/mol. The van der Waals surface area contributed by atoms with Crippen molar-refractivity contribution in [2.45, 2.75) is 13.3 Å². The molecule has 0 aliphatic rings. The Bertz CT molecular complexity index is 715. The molecule has 0 spiro atoms. The van der Waals surface area contributed by atoms with Crippen LogP contribution in [0.2, 0.25) is 5.02 Å². The van der Waals surface area contributed by atoms with E-state index in [1.807, 2.05) is 6.92 Å². The van der Waals surface area contributed by atoms with Crippen LogP contribution >= 0.6 is 11.6 Å². The Morgan fingerprint density at radius 1 is 1.17 bits per heavy atom. The standard InChI is InChI=1S/C16H14ClNO5/c1-2-9-22-12-4-6-13(7-5-12)23-16(19)11-3-8-14(17)15(10-11)18(20)21/h3-8,10H,2,9H2,1H3. The molecule has 0 heterocycles. The van der Waals surface area contributed by atoms with Gasteiger partial charge >= 0.3 is 5.97 Å². The molecule has 0 amide bonds. The number of hydrogen-bond acceptors (Lipinski definition) is 5. The van der Waals surface area contributed by atoms with Gasteiger partial charge in [0.1, 0.15) is 16.5 Å². The van der Waals surface area contributed by atoms with Gasteiger partial charge in [-0.2, -0.15) is 0 Å². The van der Waals surface area contributed by atoms with Gasteiger partial charge in [-0.3, -0.25) is 10.1 Å². The lowest BCUT2D eigenvalue weighted by Gasteiger charge is -2.07. The van der Waals surface area contributed by atoms with E-state index in [9.17, 15) is 14.9 Å². The summed E-state index contributed by atoms with van der Waals surface area (Å²) in [5.74, 6) is 0.289. The third-order valence-electron chi connectivity index (χ3n) is 2.89. The van der Waals surface area contributed by atoms with E-state index in [1.54, 1.807) is 24.3 Å². The largest absolute Gasteiger partial charge is 0.494 e. The summed E-state index contributed by atoms with van der Waals surface area (Å²) in [6, 6.07) is 10.3. The first-order valence-corrected chi connectivity index (χ1v) is 7.28. The van der Waals surface area contributed by atoms with Gasteiger partial charge in [0.05, 0.1) is 17.1 Å². The van der Waals surface area contributed by atoms with Crippen molar-refractivity contribution in [1.29, 1.82) is 0 Å². The Balaban J connectivity index is 2.10. The van der Waals surface area contributed by atoms with Crippen LogP contribution in [0.25, 0.3) is 0 Å². The van der Waals surface area contributed by atoms with Crippen LogP contribution in [-0.4, -0.2) is 17.5 Å². The number of benzene rings is 2. The number of nitro benzene ring substituents is 1. The predicted molar refractivity (Wildman–Crippen MR) is 85.3 cm³/mol. The van der Waals surface area contributed by atoms with Gasteiger partial charge in [-0.25, -0.2) is 4.79 Å². The van der Waals surface area contributed by atoms with E-state index in [2.05, 4.69) is 0 Å². The summed E-state index contributed by atoms with van der Waals surface area (Å²) < 4.78 is 10.6. The van der Waals surface area contributed by atoms with Crippen LogP contribution in [0, 0.1) is 10.1 Å². The molecule has 0 unspecified atom stereocenters. The van der Waals surface area contributed by atoms with Gasteiger partial charge in [-0.1, -0.05) is 18.5 Å². The second-order valence-electron chi connectivity index (χ2n) is 4.63. The zero-order valence-electron chi connectivity index (χ0n) is 12.3. The molecule has 0 bridgehead atoms. The minimum atomic E-state index is -0.702. The van der Waals surface area contributed by atoms with Crippen molar-refractivity contribution in [3.05, 3.63) is 63.2 Å². The number of hydrogen-bond donors (Lipinski definition) is 0. The summed E-state index contributed by atoms with van der Waals surface area (Å²) in [5, 5.41) is 10.8. The van der Waals surface area contributed by atoms with Crippen LogP contribution in [-0.2, 0) is 0 Å². The van der Waals surface area contributed by atoms with E-state index in [4.69, 9.17) is 21.1 Å². The van der Waals surface area contributed by atoms with Gasteiger partial charge in [-0.15, -0.1) is 0 Å². The fourth-order valence-corrected chi connectivity index (χ4v) is 1.96. The fourth-order valence-electron chi connectivity index (χ4n) is 1.77. The predicted octanol–water partition coefficient (Wildman–Crippen LogP) is 4.26. The molecule has 120 valence electrons. The summed E-state index contributed by atoms with van der Waals surface area (Å²) in [5.41, 5.74) is -0.295. The molecular formula is C16H14ClNO5. The highest BCUT2D eigenvalue weighted by atomic mass is 35.5. The molecule has 0 aromatic heterocycles. The molecule has 0 radical (unpaired) electrons. The third-order valence-corrected chi connectivity index (χ3v) is 3.21. The van der Waals surface area contributed by atoms with E-state index in [-0.39, 0.29) is 16.3 Å². The monoisotopic (exact) mass is 335 g/mol. The molecule has 7 heteroatoms. The van der Waals surface area contributed by atoms with Crippen LogP contribution in [0.1, 0.15) is 23.7 Å². The second-order valence-corrected chi connectivity index (χ2v) is 5.04. The lowest BCUT2D eigenvalue weighted by molar-refractivity contribution is -0.384. The quantitative estimate of drug-likeness (QED) is 0.341. The van der Waals surface area contributed by atoms with Crippen molar-refractivity contribution in [2.75, 3.05) is 6.61 Å². The number of esters is 1. The van der Waals surface area contributed by atoms with Crippen LogP contribution in [0.5, 0.6) is 11.5 Å². The van der Waals surface area contributed by atoms with Crippen LogP contribution in [0.4, 0.5) is 5.69 Å². The maximum absolute atomic E-state index is 12.0. The lowest BCUT2D eigenvalue weighted by Crippen LogP contribution is -2.09. The van der Waals surface area contributed by atoms with Crippen molar-refractivity contribution in [2.24, 2.45) is 0 Å². The van der Waals surface area contributed by atoms with Crippen molar-refractivity contribution < 1.29 is 19.2 Å². The van der Waals surface area contributed by atoms with Crippen LogP contribution < -0.4 is 9.47 Å². The smallest absolute Gasteiger partial charge is 0.343 e. The molecule has 6 nitrogen and oxygen atoms in total. The van der Waals surface area contributed by atoms with Gasteiger partial charge < -0.3 is 9.47 Å². The van der Waals surface area contributed by atoms with E-state index in [0.717, 1.165) is 12.5 Å². The Hall–Kier alpha value is -2.60. The van der Waals surface area contributed by atoms with Crippen LogP contribution in [0.15, 0.2) is 42.5 Å². The summed E-state index contributed by atoms with van der Waals surface area (Å²) in [4.78, 5) is 22.2. The Kier molecular flexibility index (Phi) is 5.54. The minimum Gasteiger partial charge on any atom is -0.494 e. The summed E-state index contributed by atoms with van der Waals surface area (Å²) in [6.45, 7) is 2.61. The normalized spacial score (nSPS) is 10.2. The molecule has 0 saturated carbocycles. The number of nitro groups is 1. The number of halogens is 1. The van der Waals surface area contributed by atoms with Crippen LogP contribution in [0.3, 0.4) is 0 Å². The zero-order valence-corrected chi connectivity index (χ0v) is 13.1. The van der Waals surface area contributed by atoms with Gasteiger partial charge in [0.15, 0.2) is 0 Å². The summed E-state index contributed by atoms with van der Waals surface area (Å²) in [7, 11) is 0. The van der Waals surface area contributed by atoms with Crippen molar-refractivity contribution in [3.63, 3.8) is 0 Å². The highest BCUT2D eigenvalue weighted by Gasteiger charge is 2.17. The number of rotatable bonds is 6. The molecule has 0 atom stereocenters. The summed E-state index contributed by atoms with van der Waals surface area (Å²) in [6.07, 6.45) is 0.895. The SMILES string of the molecule is CCCOc1ccc(OC(=O)c2ccc(Cl)c([N+](=O)[O-])c2)cc1. The van der Waals surface area contributed by atoms with E-state index < -0.39 is 10.9 Å². The molecule has 23 heavy (non-hydrogen) atoms. The molecule has 2 rings (SSSR count). The zero-order chi connectivity index (χ0) is 16.8. The molecular weight excluding hydrogens is 322 g/mol. The van der Waals surface area contributed by atoms with E-state index in [0.29, 0.717) is 18.1 Å². The molecule has 0 aliphatic heterocycles. The van der Waals surface area contributed by atoms with Crippen molar-refractivity contribution >= 4 is 23.3 Å².